The van der Waals surface area contributed by atoms with E-state index in [9.17, 15) is 9.59 Å². The molecule has 0 spiro atoms. The van der Waals surface area contributed by atoms with Crippen molar-refractivity contribution in [2.75, 3.05) is 26.4 Å². The summed E-state index contributed by atoms with van der Waals surface area (Å²) in [6, 6.07) is 23.4. The molecule has 38 heavy (non-hydrogen) atoms. The Morgan fingerprint density at radius 3 is 1.42 bits per heavy atom. The summed E-state index contributed by atoms with van der Waals surface area (Å²) in [5, 5.41) is 4.22. The second kappa shape index (κ2) is 14.2. The molecule has 0 fully saturated rings. The summed E-state index contributed by atoms with van der Waals surface area (Å²) in [6.45, 7) is 0.361. The van der Waals surface area contributed by atoms with Gasteiger partial charge in [-0.05, 0) is 91.2 Å². The highest BCUT2D eigenvalue weighted by Crippen LogP contribution is 2.34. The van der Waals surface area contributed by atoms with Crippen molar-refractivity contribution in [3.63, 3.8) is 0 Å². The number of unbranched alkanes of at least 4 members (excludes halogenated alkanes) is 3. The Morgan fingerprint density at radius 2 is 0.974 bits per heavy atom. The highest BCUT2D eigenvalue weighted by atomic mass is 79.9. The van der Waals surface area contributed by atoms with Gasteiger partial charge in [0, 0.05) is 0 Å². The van der Waals surface area contributed by atoms with Crippen molar-refractivity contribution in [2.24, 2.45) is 0 Å². The number of carbonyl (C=O) groups excluding carboxylic acids is 2. The zero-order valence-electron chi connectivity index (χ0n) is 20.8. The maximum Gasteiger partial charge on any atom is 0.344 e. The summed E-state index contributed by atoms with van der Waals surface area (Å²) in [7, 11) is 0. The van der Waals surface area contributed by atoms with Gasteiger partial charge in [0.05, 0.1) is 22.2 Å². The molecule has 6 nitrogen and oxygen atoms in total. The van der Waals surface area contributed by atoms with Gasteiger partial charge in [0.25, 0.3) is 0 Å². The highest BCUT2D eigenvalue weighted by molar-refractivity contribution is 9.11. The molecule has 0 N–H and O–H groups in total. The summed E-state index contributed by atoms with van der Waals surface area (Å²) >= 11 is 7.09. The van der Waals surface area contributed by atoms with Crippen LogP contribution in [0.2, 0.25) is 0 Å². The van der Waals surface area contributed by atoms with Crippen LogP contribution in [0.25, 0.3) is 21.5 Å². The largest absolute Gasteiger partial charge is 0.481 e. The Morgan fingerprint density at radius 1 is 0.553 bits per heavy atom. The van der Waals surface area contributed by atoms with Gasteiger partial charge < -0.3 is 18.9 Å². The molecule has 0 heterocycles. The number of halogens is 2. The second-order valence-corrected chi connectivity index (χ2v) is 10.2. The van der Waals surface area contributed by atoms with E-state index in [1.807, 2.05) is 72.8 Å². The fraction of sp³-hybridized carbons (Fsp3) is 0.267. The number of rotatable bonds is 13. The molecule has 4 rings (SSSR count). The topological polar surface area (TPSA) is 71.1 Å². The summed E-state index contributed by atoms with van der Waals surface area (Å²) in [5.41, 5.74) is 0. The molecule has 0 saturated carbocycles. The lowest BCUT2D eigenvalue weighted by atomic mass is 10.1. The van der Waals surface area contributed by atoms with Gasteiger partial charge in [-0.3, -0.25) is 0 Å². The van der Waals surface area contributed by atoms with Gasteiger partial charge in [-0.2, -0.15) is 0 Å². The Hall–Kier alpha value is -3.10. The molecule has 198 valence electrons. The Labute approximate surface area is 238 Å². The minimum atomic E-state index is -0.406. The van der Waals surface area contributed by atoms with E-state index in [0.717, 1.165) is 56.2 Å². The first-order valence-electron chi connectivity index (χ1n) is 12.4. The lowest BCUT2D eigenvalue weighted by Gasteiger charge is -2.11. The molecular weight excluding hydrogens is 616 g/mol. The second-order valence-electron chi connectivity index (χ2n) is 8.63. The molecule has 4 aromatic carbocycles. The van der Waals surface area contributed by atoms with Crippen molar-refractivity contribution < 1.29 is 28.5 Å². The number of carbonyl (C=O) groups is 2. The number of esters is 2. The minimum Gasteiger partial charge on any atom is -0.481 e. The predicted molar refractivity (Wildman–Crippen MR) is 155 cm³/mol. The van der Waals surface area contributed by atoms with Crippen LogP contribution in [0.3, 0.4) is 0 Å². The maximum absolute atomic E-state index is 12.0. The third-order valence-corrected chi connectivity index (χ3v) is 7.55. The lowest BCUT2D eigenvalue weighted by Crippen LogP contribution is -2.16. The van der Waals surface area contributed by atoms with Crippen molar-refractivity contribution in [2.45, 2.75) is 25.7 Å². The van der Waals surface area contributed by atoms with E-state index in [0.29, 0.717) is 24.7 Å². The molecule has 0 aliphatic rings. The Bertz CT molecular complexity index is 1300. The van der Waals surface area contributed by atoms with Crippen molar-refractivity contribution in [3.8, 4) is 11.5 Å². The van der Waals surface area contributed by atoms with Crippen LogP contribution in [-0.2, 0) is 19.1 Å². The fourth-order valence-corrected chi connectivity index (χ4v) is 5.15. The van der Waals surface area contributed by atoms with Gasteiger partial charge in [0.1, 0.15) is 11.5 Å². The van der Waals surface area contributed by atoms with Crippen LogP contribution in [-0.4, -0.2) is 38.4 Å². The van der Waals surface area contributed by atoms with Gasteiger partial charge in [-0.1, -0.05) is 60.7 Å². The van der Waals surface area contributed by atoms with E-state index in [2.05, 4.69) is 31.9 Å². The molecule has 8 heteroatoms. The van der Waals surface area contributed by atoms with Crippen LogP contribution in [0.1, 0.15) is 25.7 Å². The van der Waals surface area contributed by atoms with Gasteiger partial charge in [0.15, 0.2) is 13.2 Å². The zero-order valence-corrected chi connectivity index (χ0v) is 24.0. The molecule has 0 aromatic heterocycles. The van der Waals surface area contributed by atoms with Gasteiger partial charge in [0.2, 0.25) is 0 Å². The Balaban J connectivity index is 1.04. The number of ether oxygens (including phenoxy) is 4. The zero-order chi connectivity index (χ0) is 26.7. The van der Waals surface area contributed by atoms with Gasteiger partial charge in [-0.15, -0.1) is 0 Å². The maximum atomic E-state index is 12.0. The van der Waals surface area contributed by atoms with E-state index >= 15 is 0 Å². The minimum absolute atomic E-state index is 0.148. The summed E-state index contributed by atoms with van der Waals surface area (Å²) in [4.78, 5) is 24.0. The van der Waals surface area contributed by atoms with Crippen molar-refractivity contribution >= 4 is 65.3 Å². The summed E-state index contributed by atoms with van der Waals surface area (Å²) < 4.78 is 23.4. The summed E-state index contributed by atoms with van der Waals surface area (Å²) in [5.74, 6) is 0.394. The molecule has 0 radical (unpaired) electrons. The molecule has 0 unspecified atom stereocenters. The van der Waals surface area contributed by atoms with E-state index in [1.165, 1.54) is 0 Å². The standard InChI is InChI=1S/C30H28Br2O6/c31-29-23-11-5-3-9-21(23)13-15-25(29)37-19-27(33)35-17-7-1-2-8-18-36-28(34)20-38-26-16-14-22-10-4-6-12-24(22)30(26)32/h3-6,9-16H,1-2,7-8,17-20H2. The first-order chi connectivity index (χ1) is 18.5. The van der Waals surface area contributed by atoms with Crippen LogP contribution >= 0.6 is 31.9 Å². The number of benzene rings is 4. The van der Waals surface area contributed by atoms with Crippen LogP contribution in [0, 0.1) is 0 Å². The molecular formula is C30H28Br2O6. The third-order valence-electron chi connectivity index (χ3n) is 5.91. The molecule has 0 saturated heterocycles. The normalized spacial score (nSPS) is 10.9. The third kappa shape index (κ3) is 7.71. The van der Waals surface area contributed by atoms with Crippen LogP contribution in [0.4, 0.5) is 0 Å². The van der Waals surface area contributed by atoms with E-state index in [-0.39, 0.29) is 13.2 Å². The molecule has 0 bridgehead atoms. The Kier molecular flexibility index (Phi) is 10.4. The fourth-order valence-electron chi connectivity index (χ4n) is 3.94. The van der Waals surface area contributed by atoms with E-state index in [4.69, 9.17) is 18.9 Å². The predicted octanol–water partition coefficient (Wildman–Crippen LogP) is 7.62. The molecule has 0 aliphatic carbocycles. The molecule has 4 aromatic rings. The average Bonchev–Trinajstić information content (AvgIpc) is 2.94. The van der Waals surface area contributed by atoms with Crippen molar-refractivity contribution in [1.82, 2.24) is 0 Å². The highest BCUT2D eigenvalue weighted by Gasteiger charge is 2.11. The van der Waals surface area contributed by atoms with Crippen molar-refractivity contribution in [3.05, 3.63) is 81.7 Å². The van der Waals surface area contributed by atoms with Crippen LogP contribution < -0.4 is 9.47 Å². The molecule has 0 amide bonds. The monoisotopic (exact) mass is 642 g/mol. The SMILES string of the molecule is O=C(COc1ccc2ccccc2c1Br)OCCCCCCOC(=O)COc1ccc2ccccc2c1Br. The summed E-state index contributed by atoms with van der Waals surface area (Å²) in [6.07, 6.45) is 3.20. The number of fused-ring (bicyclic) bond motifs is 2. The average molecular weight is 644 g/mol. The van der Waals surface area contributed by atoms with Crippen LogP contribution in [0.15, 0.2) is 81.7 Å². The van der Waals surface area contributed by atoms with Crippen LogP contribution in [0.5, 0.6) is 11.5 Å². The van der Waals surface area contributed by atoms with Crippen molar-refractivity contribution in [1.29, 1.82) is 0 Å². The lowest BCUT2D eigenvalue weighted by molar-refractivity contribution is -0.147. The quantitative estimate of drug-likeness (QED) is 0.110. The smallest absolute Gasteiger partial charge is 0.344 e. The van der Waals surface area contributed by atoms with E-state index in [1.54, 1.807) is 0 Å². The molecule has 0 atom stereocenters. The van der Waals surface area contributed by atoms with Gasteiger partial charge >= 0.3 is 11.9 Å². The number of hydrogen-bond donors (Lipinski definition) is 0. The first kappa shape index (κ1) is 27.9. The molecule has 0 aliphatic heterocycles. The number of hydrogen-bond acceptors (Lipinski definition) is 6. The van der Waals surface area contributed by atoms with E-state index < -0.39 is 11.9 Å². The van der Waals surface area contributed by atoms with Gasteiger partial charge in [-0.25, -0.2) is 9.59 Å². The first-order valence-corrected chi connectivity index (χ1v) is 14.0.